The third-order valence-corrected chi connectivity index (χ3v) is 4.55. The number of nitrogens with zero attached hydrogens (tertiary/aromatic N) is 4. The first-order valence-corrected chi connectivity index (χ1v) is 7.76. The third kappa shape index (κ3) is 1.99. The number of fused-ring (bicyclic) bond motifs is 3. The van der Waals surface area contributed by atoms with Crippen molar-refractivity contribution in [3.05, 3.63) is 24.5 Å². The summed E-state index contributed by atoms with van der Waals surface area (Å²) in [7, 11) is 0. The highest BCUT2D eigenvalue weighted by atomic mass is 15.3. The van der Waals surface area contributed by atoms with Gasteiger partial charge in [-0.25, -0.2) is 9.97 Å². The lowest BCUT2D eigenvalue weighted by Gasteiger charge is -2.36. The molecule has 0 saturated carbocycles. The van der Waals surface area contributed by atoms with Crippen molar-refractivity contribution in [2.24, 2.45) is 0 Å². The van der Waals surface area contributed by atoms with Gasteiger partial charge in [-0.05, 0) is 18.7 Å². The average Bonchev–Trinajstić information content (AvgIpc) is 2.94. The van der Waals surface area contributed by atoms with Crippen LogP contribution in [0, 0.1) is 0 Å². The molecule has 6 nitrogen and oxygen atoms in total. The van der Waals surface area contributed by atoms with E-state index < -0.39 is 0 Å². The highest BCUT2D eigenvalue weighted by molar-refractivity contribution is 6.14. The molecule has 1 aliphatic heterocycles. The van der Waals surface area contributed by atoms with Crippen LogP contribution in [-0.4, -0.2) is 52.6 Å². The molecule has 1 fully saturated rings. The molecule has 4 heterocycles. The number of nitrogens with two attached hydrogens (primary N) is 1. The molecule has 3 aromatic heterocycles. The molecule has 0 aromatic carbocycles. The molecule has 3 aromatic rings. The topological polar surface area (TPSA) is 74.1 Å². The summed E-state index contributed by atoms with van der Waals surface area (Å²) in [6, 6.07) is 4.05. The monoisotopic (exact) mass is 296 g/mol. The Morgan fingerprint density at radius 1 is 1.23 bits per heavy atom. The fraction of sp³-hybridized carbons (Fsp3) is 0.375. The molecule has 0 atom stereocenters. The molecule has 22 heavy (non-hydrogen) atoms. The second-order valence-corrected chi connectivity index (χ2v) is 5.73. The molecule has 0 spiro atoms. The van der Waals surface area contributed by atoms with Gasteiger partial charge in [0.25, 0.3) is 0 Å². The number of aromatic amines is 1. The second kappa shape index (κ2) is 5.14. The zero-order valence-corrected chi connectivity index (χ0v) is 12.7. The van der Waals surface area contributed by atoms with Gasteiger partial charge in [-0.2, -0.15) is 0 Å². The Morgan fingerprint density at radius 2 is 2.05 bits per heavy atom. The van der Waals surface area contributed by atoms with Gasteiger partial charge in [0, 0.05) is 43.1 Å². The van der Waals surface area contributed by atoms with E-state index in [9.17, 15) is 0 Å². The Bertz CT molecular complexity index is 816. The third-order valence-electron chi connectivity index (χ3n) is 4.55. The summed E-state index contributed by atoms with van der Waals surface area (Å²) < 4.78 is 0. The lowest BCUT2D eigenvalue weighted by molar-refractivity contribution is 0.271. The predicted octanol–water partition coefficient (Wildman–Crippen LogP) is 1.84. The van der Waals surface area contributed by atoms with E-state index in [-0.39, 0.29) is 0 Å². The summed E-state index contributed by atoms with van der Waals surface area (Å²) in [5.74, 6) is 0.599. The van der Waals surface area contributed by atoms with Gasteiger partial charge >= 0.3 is 0 Å². The molecule has 6 heteroatoms. The van der Waals surface area contributed by atoms with E-state index >= 15 is 0 Å². The summed E-state index contributed by atoms with van der Waals surface area (Å²) in [6.07, 6.45) is 3.60. The summed E-state index contributed by atoms with van der Waals surface area (Å²) in [6.45, 7) is 7.39. The lowest BCUT2D eigenvalue weighted by atomic mass is 10.1. The van der Waals surface area contributed by atoms with Crippen LogP contribution < -0.4 is 10.6 Å². The molecule has 0 radical (unpaired) electrons. The van der Waals surface area contributed by atoms with Crippen LogP contribution >= 0.6 is 0 Å². The summed E-state index contributed by atoms with van der Waals surface area (Å²) in [5, 5.41) is 2.25. The van der Waals surface area contributed by atoms with E-state index in [0.717, 1.165) is 60.3 Å². The van der Waals surface area contributed by atoms with E-state index in [1.165, 1.54) is 0 Å². The van der Waals surface area contributed by atoms with Gasteiger partial charge in [0.1, 0.15) is 11.5 Å². The Labute approximate surface area is 128 Å². The van der Waals surface area contributed by atoms with Crippen molar-refractivity contribution >= 4 is 33.4 Å². The van der Waals surface area contributed by atoms with Crippen LogP contribution in [0.5, 0.6) is 0 Å². The maximum Gasteiger partial charge on any atom is 0.147 e. The number of aromatic nitrogens is 3. The highest BCUT2D eigenvalue weighted by Gasteiger charge is 2.22. The van der Waals surface area contributed by atoms with E-state index in [0.29, 0.717) is 5.82 Å². The number of anilines is 2. The van der Waals surface area contributed by atoms with Crippen LogP contribution in [0.25, 0.3) is 21.9 Å². The lowest BCUT2D eigenvalue weighted by Crippen LogP contribution is -2.46. The fourth-order valence-electron chi connectivity index (χ4n) is 3.32. The first kappa shape index (κ1) is 13.3. The predicted molar refractivity (Wildman–Crippen MR) is 90.1 cm³/mol. The van der Waals surface area contributed by atoms with Gasteiger partial charge in [0.2, 0.25) is 0 Å². The van der Waals surface area contributed by atoms with Gasteiger partial charge in [0.05, 0.1) is 17.4 Å². The molecule has 4 rings (SSSR count). The minimum absolute atomic E-state index is 0.599. The largest absolute Gasteiger partial charge is 0.382 e. The molecule has 1 saturated heterocycles. The van der Waals surface area contributed by atoms with Crippen molar-refractivity contribution in [3.63, 3.8) is 0 Å². The Hall–Kier alpha value is -2.34. The molecule has 0 unspecified atom stereocenters. The number of nitrogens with one attached hydrogen (secondary N) is 1. The summed E-state index contributed by atoms with van der Waals surface area (Å²) in [5.41, 5.74) is 9.17. The van der Waals surface area contributed by atoms with Crippen molar-refractivity contribution in [1.29, 1.82) is 0 Å². The number of rotatable bonds is 2. The maximum absolute atomic E-state index is 6.23. The van der Waals surface area contributed by atoms with Gasteiger partial charge in [-0.3, -0.25) is 0 Å². The molecule has 3 N–H and O–H groups in total. The fourth-order valence-corrected chi connectivity index (χ4v) is 3.32. The van der Waals surface area contributed by atoms with Gasteiger partial charge in [0.15, 0.2) is 0 Å². The minimum Gasteiger partial charge on any atom is -0.382 e. The SMILES string of the molecule is CCN1CCN(c2c(N)ncc3[nH]c4ncccc4c23)CC1. The molecule has 0 amide bonds. The van der Waals surface area contributed by atoms with Crippen LogP contribution in [-0.2, 0) is 0 Å². The number of pyridine rings is 2. The van der Waals surface area contributed by atoms with Crippen LogP contribution in [0.4, 0.5) is 11.5 Å². The van der Waals surface area contributed by atoms with Crippen molar-refractivity contribution in [2.45, 2.75) is 6.92 Å². The molecular weight excluding hydrogens is 276 g/mol. The number of nitrogen functional groups attached to an aromatic ring is 1. The number of H-pyrrole nitrogens is 1. The van der Waals surface area contributed by atoms with Crippen LogP contribution in [0.3, 0.4) is 0 Å². The van der Waals surface area contributed by atoms with Crippen LogP contribution in [0.1, 0.15) is 6.92 Å². The quantitative estimate of drug-likeness (QED) is 0.755. The van der Waals surface area contributed by atoms with E-state index in [1.807, 2.05) is 6.07 Å². The van der Waals surface area contributed by atoms with Crippen LogP contribution in [0.15, 0.2) is 24.5 Å². The normalized spacial score (nSPS) is 16.7. The number of likely N-dealkylation sites (N-methyl/N-ethyl adjacent to an activating group) is 1. The zero-order valence-electron chi connectivity index (χ0n) is 12.7. The standard InChI is InChI=1S/C16H20N6/c1-2-21-6-8-22(9-7-21)14-13-11-4-3-5-18-16(11)20-12(13)10-19-15(14)17/h3-5,10H,2,6-9H2,1H3,(H2,17,19)(H,18,20). The molecule has 0 aliphatic carbocycles. The highest BCUT2D eigenvalue weighted by Crippen LogP contribution is 2.36. The summed E-state index contributed by atoms with van der Waals surface area (Å²) >= 11 is 0. The Balaban J connectivity index is 1.87. The van der Waals surface area contributed by atoms with E-state index in [4.69, 9.17) is 5.73 Å². The van der Waals surface area contributed by atoms with Crippen molar-refractivity contribution in [2.75, 3.05) is 43.4 Å². The second-order valence-electron chi connectivity index (χ2n) is 5.73. The van der Waals surface area contributed by atoms with Gasteiger partial charge < -0.3 is 20.5 Å². The number of hydrogen-bond donors (Lipinski definition) is 2. The van der Waals surface area contributed by atoms with Crippen molar-refractivity contribution < 1.29 is 0 Å². The minimum atomic E-state index is 0.599. The number of piperazine rings is 1. The smallest absolute Gasteiger partial charge is 0.147 e. The average molecular weight is 296 g/mol. The number of hydrogen-bond acceptors (Lipinski definition) is 5. The maximum atomic E-state index is 6.23. The molecular formula is C16H20N6. The van der Waals surface area contributed by atoms with Gasteiger partial charge in [-0.15, -0.1) is 0 Å². The first-order valence-electron chi connectivity index (χ1n) is 7.76. The Kier molecular flexibility index (Phi) is 3.11. The molecule has 0 bridgehead atoms. The zero-order chi connectivity index (χ0) is 15.1. The van der Waals surface area contributed by atoms with Crippen molar-refractivity contribution in [1.82, 2.24) is 19.9 Å². The Morgan fingerprint density at radius 3 is 2.82 bits per heavy atom. The van der Waals surface area contributed by atoms with E-state index in [2.05, 4.69) is 37.7 Å². The van der Waals surface area contributed by atoms with Crippen LogP contribution in [0.2, 0.25) is 0 Å². The molecule has 1 aliphatic rings. The first-order chi connectivity index (χ1) is 10.8. The van der Waals surface area contributed by atoms with E-state index in [1.54, 1.807) is 12.4 Å². The molecule has 114 valence electrons. The summed E-state index contributed by atoms with van der Waals surface area (Å²) in [4.78, 5) is 16.9. The van der Waals surface area contributed by atoms with Gasteiger partial charge in [-0.1, -0.05) is 6.92 Å². The van der Waals surface area contributed by atoms with Crippen molar-refractivity contribution in [3.8, 4) is 0 Å².